The van der Waals surface area contributed by atoms with Gasteiger partial charge in [0.05, 0.1) is 17.5 Å². The topological polar surface area (TPSA) is 85.2 Å². The van der Waals surface area contributed by atoms with Crippen molar-refractivity contribution in [2.24, 2.45) is 0 Å². The molecule has 3 aromatic heterocycles. The summed E-state index contributed by atoms with van der Waals surface area (Å²) in [7, 11) is 0. The van der Waals surface area contributed by atoms with Gasteiger partial charge in [-0.3, -0.25) is 19.4 Å². The second kappa shape index (κ2) is 8.27. The summed E-state index contributed by atoms with van der Waals surface area (Å²) in [6.45, 7) is 0.625. The van der Waals surface area contributed by atoms with Gasteiger partial charge in [-0.15, -0.1) is 0 Å². The molecule has 3 aromatic rings. The van der Waals surface area contributed by atoms with Crippen LogP contribution in [0.5, 0.6) is 0 Å². The Morgan fingerprint density at radius 2 is 2.00 bits per heavy atom. The fraction of sp³-hybridized carbons (Fsp3) is 0.368. The van der Waals surface area contributed by atoms with Crippen LogP contribution >= 0.6 is 0 Å². The van der Waals surface area contributed by atoms with Gasteiger partial charge in [0.2, 0.25) is 0 Å². The van der Waals surface area contributed by atoms with E-state index in [4.69, 9.17) is 4.74 Å². The van der Waals surface area contributed by atoms with Crippen LogP contribution in [0.25, 0.3) is 10.9 Å². The summed E-state index contributed by atoms with van der Waals surface area (Å²) in [5.41, 5.74) is 0.866. The van der Waals surface area contributed by atoms with Gasteiger partial charge in [-0.05, 0) is 24.6 Å². The molecule has 1 aliphatic rings. The van der Waals surface area contributed by atoms with Crippen molar-refractivity contribution < 1.29 is 22.7 Å². The molecule has 0 saturated carbocycles. The summed E-state index contributed by atoms with van der Waals surface area (Å²) < 4.78 is 45.5. The summed E-state index contributed by atoms with van der Waals surface area (Å²) in [5.74, 6) is -0.124. The van der Waals surface area contributed by atoms with E-state index in [0.29, 0.717) is 43.8 Å². The van der Waals surface area contributed by atoms with Crippen molar-refractivity contribution >= 4 is 28.3 Å². The zero-order valence-corrected chi connectivity index (χ0v) is 15.9. The lowest BCUT2D eigenvalue weighted by Gasteiger charge is -2.19. The van der Waals surface area contributed by atoms with E-state index in [-0.39, 0.29) is 22.9 Å². The summed E-state index contributed by atoms with van der Waals surface area (Å²) >= 11 is 0. The average Bonchev–Trinajstić information content (AvgIpc) is 2.89. The van der Waals surface area contributed by atoms with E-state index in [1.54, 1.807) is 29.4 Å². The van der Waals surface area contributed by atoms with Crippen molar-refractivity contribution in [2.75, 3.05) is 31.6 Å². The molecule has 0 spiro atoms. The molecule has 0 aliphatic carbocycles. The number of nitrogens with one attached hydrogen (secondary N) is 1. The maximum atomic E-state index is 13.1. The summed E-state index contributed by atoms with van der Waals surface area (Å²) in [5, 5.41) is 7.44. The lowest BCUT2D eigenvalue weighted by Crippen LogP contribution is -2.33. The number of carbonyl (C=O) groups is 1. The van der Waals surface area contributed by atoms with E-state index in [2.05, 4.69) is 20.4 Å². The number of fused-ring (bicyclic) bond motifs is 1. The minimum absolute atomic E-state index is 0.0724. The van der Waals surface area contributed by atoms with Crippen LogP contribution in [0.2, 0.25) is 0 Å². The molecule has 0 bridgehead atoms. The number of hydrogen-bond donors (Lipinski definition) is 1. The third-order valence-corrected chi connectivity index (χ3v) is 4.64. The van der Waals surface area contributed by atoms with Gasteiger partial charge in [-0.1, -0.05) is 0 Å². The molecule has 11 heteroatoms. The number of hydrogen-bond acceptors (Lipinski definition) is 6. The number of nitrogens with zero attached hydrogens (tertiary/aromatic N) is 5. The quantitative estimate of drug-likeness (QED) is 0.699. The van der Waals surface area contributed by atoms with Crippen LogP contribution in [0.4, 0.5) is 24.7 Å². The second-order valence-corrected chi connectivity index (χ2v) is 6.83. The molecule has 1 amide bonds. The Labute approximate surface area is 169 Å². The molecule has 8 nitrogen and oxygen atoms in total. The first-order valence-electron chi connectivity index (χ1n) is 9.38. The number of carbonyl (C=O) groups excluding carboxylic acids is 1. The molecular weight excluding hydrogens is 401 g/mol. The average molecular weight is 420 g/mol. The van der Waals surface area contributed by atoms with Gasteiger partial charge in [0.25, 0.3) is 5.91 Å². The Hall–Kier alpha value is -3.21. The molecule has 30 heavy (non-hydrogen) atoms. The van der Waals surface area contributed by atoms with E-state index in [1.807, 2.05) is 0 Å². The fourth-order valence-electron chi connectivity index (χ4n) is 3.25. The second-order valence-electron chi connectivity index (χ2n) is 6.83. The molecule has 1 fully saturated rings. The number of alkyl halides is 3. The van der Waals surface area contributed by atoms with E-state index < -0.39 is 12.7 Å². The molecule has 0 atom stereocenters. The fourth-order valence-corrected chi connectivity index (χ4v) is 3.25. The molecular formula is C19H19F3N6O2. The van der Waals surface area contributed by atoms with Crippen molar-refractivity contribution in [2.45, 2.75) is 19.1 Å². The van der Waals surface area contributed by atoms with Crippen molar-refractivity contribution in [3.8, 4) is 0 Å². The molecule has 0 aromatic carbocycles. The van der Waals surface area contributed by atoms with Crippen LogP contribution in [0.15, 0.2) is 36.8 Å². The van der Waals surface area contributed by atoms with E-state index >= 15 is 0 Å². The molecule has 4 rings (SSSR count). The van der Waals surface area contributed by atoms with Gasteiger partial charge in [0.15, 0.2) is 5.82 Å². The summed E-state index contributed by atoms with van der Waals surface area (Å²) in [4.78, 5) is 22.5. The predicted octanol–water partition coefficient (Wildman–Crippen LogP) is 2.99. The van der Waals surface area contributed by atoms with E-state index in [9.17, 15) is 18.0 Å². The largest absolute Gasteiger partial charge is 0.408 e. The Morgan fingerprint density at radius 1 is 1.20 bits per heavy atom. The normalized spacial score (nSPS) is 15.2. The van der Waals surface area contributed by atoms with Crippen molar-refractivity contribution in [3.63, 3.8) is 0 Å². The minimum atomic E-state index is -4.47. The monoisotopic (exact) mass is 420 g/mol. The Bertz CT molecular complexity index is 1030. The van der Waals surface area contributed by atoms with Crippen LogP contribution in [0, 0.1) is 0 Å². The minimum Gasteiger partial charge on any atom is -0.380 e. The van der Waals surface area contributed by atoms with Crippen molar-refractivity contribution in [3.05, 3.63) is 42.5 Å². The molecule has 1 aliphatic heterocycles. The number of pyridine rings is 2. The summed E-state index contributed by atoms with van der Waals surface area (Å²) in [6.07, 6.45) is 0.705. The van der Waals surface area contributed by atoms with Crippen LogP contribution < -0.4 is 5.32 Å². The van der Waals surface area contributed by atoms with Crippen LogP contribution in [0.1, 0.15) is 16.9 Å². The number of rotatable bonds is 4. The summed E-state index contributed by atoms with van der Waals surface area (Å²) in [6, 6.07) is 4.70. The molecule has 158 valence electrons. The van der Waals surface area contributed by atoms with Crippen LogP contribution in [-0.4, -0.2) is 63.0 Å². The zero-order valence-electron chi connectivity index (χ0n) is 15.9. The van der Waals surface area contributed by atoms with Gasteiger partial charge in [-0.2, -0.15) is 18.3 Å². The van der Waals surface area contributed by atoms with E-state index in [1.165, 1.54) is 12.3 Å². The third-order valence-electron chi connectivity index (χ3n) is 4.64. The third kappa shape index (κ3) is 4.51. The number of ether oxygens (including phenoxy) is 1. The zero-order chi connectivity index (χ0) is 21.1. The van der Waals surface area contributed by atoms with Crippen LogP contribution in [-0.2, 0) is 11.3 Å². The number of aromatic nitrogens is 4. The molecule has 0 unspecified atom stereocenters. The van der Waals surface area contributed by atoms with Gasteiger partial charge >= 0.3 is 6.18 Å². The van der Waals surface area contributed by atoms with E-state index in [0.717, 1.165) is 4.68 Å². The van der Waals surface area contributed by atoms with Gasteiger partial charge in [0, 0.05) is 44.0 Å². The lowest BCUT2D eigenvalue weighted by atomic mass is 10.2. The Morgan fingerprint density at radius 3 is 2.77 bits per heavy atom. The first-order chi connectivity index (χ1) is 14.4. The van der Waals surface area contributed by atoms with Crippen molar-refractivity contribution in [1.29, 1.82) is 0 Å². The maximum absolute atomic E-state index is 13.1. The number of halogens is 3. The maximum Gasteiger partial charge on any atom is 0.408 e. The Kier molecular flexibility index (Phi) is 5.53. The van der Waals surface area contributed by atoms with Gasteiger partial charge in [0.1, 0.15) is 12.2 Å². The highest BCUT2D eigenvalue weighted by atomic mass is 19.4. The highest BCUT2D eigenvalue weighted by Crippen LogP contribution is 2.28. The number of amides is 1. The smallest absolute Gasteiger partial charge is 0.380 e. The molecule has 0 radical (unpaired) electrons. The lowest BCUT2D eigenvalue weighted by molar-refractivity contribution is -0.141. The number of anilines is 2. The Balaban J connectivity index is 1.71. The van der Waals surface area contributed by atoms with Gasteiger partial charge < -0.3 is 15.0 Å². The molecule has 1 N–H and O–H groups in total. The van der Waals surface area contributed by atoms with Crippen LogP contribution in [0.3, 0.4) is 0 Å². The standard InChI is InChI=1S/C19H19F3N6O2/c20-19(21,22)12-28-16-10-15(18(29)27-6-1-8-30-9-7-27)24-11-14(16)17(26-28)25-13-2-4-23-5-3-13/h2-5,10-11H,1,6-9,12H2,(H,23,25,26). The molecule has 4 heterocycles. The first kappa shape index (κ1) is 20.1. The predicted molar refractivity (Wildman–Crippen MR) is 102 cm³/mol. The molecule has 1 saturated heterocycles. The first-order valence-corrected chi connectivity index (χ1v) is 9.38. The highest BCUT2D eigenvalue weighted by Gasteiger charge is 2.30. The van der Waals surface area contributed by atoms with Crippen molar-refractivity contribution in [1.82, 2.24) is 24.6 Å². The SMILES string of the molecule is O=C(c1cc2c(cn1)c(Nc1ccncc1)nn2CC(F)(F)F)N1CCCOCC1. The highest BCUT2D eigenvalue weighted by molar-refractivity contribution is 5.98. The van der Waals surface area contributed by atoms with Gasteiger partial charge in [-0.25, -0.2) is 0 Å².